The normalized spacial score (nSPS) is 23.0. The van der Waals surface area contributed by atoms with E-state index in [1.54, 1.807) is 18.7 Å². The number of amides is 1. The molecule has 2 aromatic heterocycles. The lowest BCUT2D eigenvalue weighted by Crippen LogP contribution is -2.19. The van der Waals surface area contributed by atoms with Gasteiger partial charge in [0.25, 0.3) is 0 Å². The van der Waals surface area contributed by atoms with Gasteiger partial charge < -0.3 is 9.88 Å². The Hall–Kier alpha value is -3.02. The quantitative estimate of drug-likeness (QED) is 0.792. The van der Waals surface area contributed by atoms with Gasteiger partial charge in [-0.1, -0.05) is 24.3 Å². The van der Waals surface area contributed by atoms with Crippen LogP contribution < -0.4 is 5.32 Å². The van der Waals surface area contributed by atoms with Gasteiger partial charge in [0.15, 0.2) is 5.82 Å². The fourth-order valence-corrected chi connectivity index (χ4v) is 4.34. The number of rotatable bonds is 3. The second-order valence-corrected chi connectivity index (χ2v) is 7.29. The Kier molecular flexibility index (Phi) is 3.22. The summed E-state index contributed by atoms with van der Waals surface area (Å²) in [6, 6.07) is 10.4. The molecule has 2 aliphatic carbocycles. The van der Waals surface area contributed by atoms with Gasteiger partial charge in [-0.25, -0.2) is 0 Å². The van der Waals surface area contributed by atoms with Crippen LogP contribution >= 0.6 is 0 Å². The van der Waals surface area contributed by atoms with Crippen LogP contribution in [0.3, 0.4) is 0 Å². The maximum Gasteiger partial charge on any atom is 0.228 e. The zero-order chi connectivity index (χ0) is 17.7. The molecular formula is C20H19N5O. The van der Waals surface area contributed by atoms with E-state index in [2.05, 4.69) is 44.8 Å². The van der Waals surface area contributed by atoms with Gasteiger partial charge >= 0.3 is 0 Å². The van der Waals surface area contributed by atoms with Crippen molar-refractivity contribution < 1.29 is 4.79 Å². The van der Waals surface area contributed by atoms with E-state index in [0.717, 1.165) is 30.7 Å². The van der Waals surface area contributed by atoms with Gasteiger partial charge in [0, 0.05) is 30.1 Å². The fraction of sp³-hybridized carbons (Fsp3) is 0.300. The third-order valence-corrected chi connectivity index (χ3v) is 5.76. The first-order valence-corrected chi connectivity index (χ1v) is 8.86. The second-order valence-electron chi connectivity index (χ2n) is 7.29. The van der Waals surface area contributed by atoms with Crippen molar-refractivity contribution in [1.29, 1.82) is 0 Å². The average Bonchev–Trinajstić information content (AvgIpc) is 3.05. The minimum absolute atomic E-state index is 0.0460. The third-order valence-electron chi connectivity index (χ3n) is 5.76. The highest BCUT2D eigenvalue weighted by molar-refractivity contribution is 5.96. The van der Waals surface area contributed by atoms with Crippen molar-refractivity contribution in [2.45, 2.75) is 24.7 Å². The van der Waals surface area contributed by atoms with Gasteiger partial charge in [-0.05, 0) is 36.5 Å². The van der Waals surface area contributed by atoms with Crippen LogP contribution in [0.25, 0.3) is 11.4 Å². The van der Waals surface area contributed by atoms with Crippen LogP contribution in [0.15, 0.2) is 49.1 Å². The Labute approximate surface area is 151 Å². The standard InChI is InChI=1S/C20H19N5O/c1-25-12-22-24-18(25)14-8-15(11-21-10-14)23-19(26)17-9-20(17)7-6-13-4-2-3-5-16(13)20/h2-5,8,10-12,17H,6-7,9H2,1H3,(H,23,26). The van der Waals surface area contributed by atoms with Crippen molar-refractivity contribution in [2.75, 3.05) is 5.32 Å². The van der Waals surface area contributed by atoms with Crippen molar-refractivity contribution in [3.05, 3.63) is 60.2 Å². The van der Waals surface area contributed by atoms with Crippen LogP contribution in [-0.2, 0) is 23.7 Å². The summed E-state index contributed by atoms with van der Waals surface area (Å²) < 4.78 is 1.83. The summed E-state index contributed by atoms with van der Waals surface area (Å²) in [4.78, 5) is 17.1. The van der Waals surface area contributed by atoms with E-state index < -0.39 is 0 Å². The number of carbonyl (C=O) groups is 1. The van der Waals surface area contributed by atoms with Crippen LogP contribution in [0.5, 0.6) is 0 Å². The lowest BCUT2D eigenvalue weighted by atomic mass is 9.95. The summed E-state index contributed by atoms with van der Waals surface area (Å²) in [7, 11) is 1.88. The van der Waals surface area contributed by atoms with Gasteiger partial charge in [-0.3, -0.25) is 9.78 Å². The number of aryl methyl sites for hydroxylation is 2. The topological polar surface area (TPSA) is 72.7 Å². The van der Waals surface area contributed by atoms with Crippen LogP contribution in [0.4, 0.5) is 5.69 Å². The lowest BCUT2D eigenvalue weighted by Gasteiger charge is -2.12. The van der Waals surface area contributed by atoms with Crippen molar-refractivity contribution >= 4 is 11.6 Å². The molecule has 1 spiro atoms. The zero-order valence-electron chi connectivity index (χ0n) is 14.5. The number of fused-ring (bicyclic) bond motifs is 2. The van der Waals surface area contributed by atoms with Gasteiger partial charge in [0.2, 0.25) is 5.91 Å². The molecule has 0 aliphatic heterocycles. The van der Waals surface area contributed by atoms with E-state index in [4.69, 9.17) is 0 Å². The number of nitrogens with one attached hydrogen (secondary N) is 1. The minimum atomic E-state index is 0.0460. The van der Waals surface area contributed by atoms with Crippen LogP contribution in [0.1, 0.15) is 24.0 Å². The number of pyridine rings is 1. The molecule has 1 aromatic carbocycles. The van der Waals surface area contributed by atoms with E-state index >= 15 is 0 Å². The molecule has 0 saturated heterocycles. The highest BCUT2D eigenvalue weighted by Gasteiger charge is 2.61. The summed E-state index contributed by atoms with van der Waals surface area (Å²) in [6.45, 7) is 0. The molecule has 1 N–H and O–H groups in total. The van der Waals surface area contributed by atoms with E-state index in [1.165, 1.54) is 11.1 Å². The maximum absolute atomic E-state index is 12.8. The zero-order valence-corrected chi connectivity index (χ0v) is 14.5. The molecule has 1 fully saturated rings. The Morgan fingerprint density at radius 3 is 3.04 bits per heavy atom. The number of benzene rings is 1. The molecular weight excluding hydrogens is 326 g/mol. The summed E-state index contributed by atoms with van der Waals surface area (Å²) in [5, 5.41) is 11.0. The maximum atomic E-state index is 12.8. The van der Waals surface area contributed by atoms with Crippen LogP contribution in [-0.4, -0.2) is 25.7 Å². The molecule has 3 aromatic rings. The van der Waals surface area contributed by atoms with Crippen molar-refractivity contribution in [3.8, 4) is 11.4 Å². The predicted octanol–water partition coefficient (Wildman–Crippen LogP) is 2.72. The summed E-state index contributed by atoms with van der Waals surface area (Å²) in [5.74, 6) is 0.851. The Bertz CT molecular complexity index is 1010. The first kappa shape index (κ1) is 15.3. The number of aromatic nitrogens is 4. The Morgan fingerprint density at radius 2 is 2.19 bits per heavy atom. The summed E-state index contributed by atoms with van der Waals surface area (Å²) >= 11 is 0. The molecule has 6 nitrogen and oxygen atoms in total. The van der Waals surface area contributed by atoms with Gasteiger partial charge in [-0.15, -0.1) is 10.2 Å². The van der Waals surface area contributed by atoms with E-state index in [0.29, 0.717) is 5.69 Å². The minimum Gasteiger partial charge on any atom is -0.324 e. The molecule has 0 radical (unpaired) electrons. The Morgan fingerprint density at radius 1 is 1.31 bits per heavy atom. The summed E-state index contributed by atoms with van der Waals surface area (Å²) in [5.41, 5.74) is 4.35. The van der Waals surface area contributed by atoms with E-state index in [-0.39, 0.29) is 17.2 Å². The third kappa shape index (κ3) is 2.25. The first-order valence-electron chi connectivity index (χ1n) is 8.86. The van der Waals surface area contributed by atoms with Gasteiger partial charge in [0.1, 0.15) is 6.33 Å². The number of hydrogen-bond donors (Lipinski definition) is 1. The lowest BCUT2D eigenvalue weighted by molar-refractivity contribution is -0.117. The summed E-state index contributed by atoms with van der Waals surface area (Å²) in [6.07, 6.45) is 8.13. The molecule has 2 atom stereocenters. The first-order chi connectivity index (χ1) is 12.7. The molecule has 2 heterocycles. The van der Waals surface area contributed by atoms with Crippen molar-refractivity contribution in [3.63, 3.8) is 0 Å². The predicted molar refractivity (Wildman–Crippen MR) is 97.4 cm³/mol. The van der Waals surface area contributed by atoms with Gasteiger partial charge in [-0.2, -0.15) is 0 Å². The SMILES string of the molecule is Cn1cnnc1-c1cncc(NC(=O)C2CC23CCc2ccccc23)c1. The van der Waals surface area contributed by atoms with Crippen LogP contribution in [0, 0.1) is 5.92 Å². The van der Waals surface area contributed by atoms with E-state index in [1.807, 2.05) is 17.7 Å². The number of hydrogen-bond acceptors (Lipinski definition) is 4. The largest absolute Gasteiger partial charge is 0.324 e. The van der Waals surface area contributed by atoms with Gasteiger partial charge in [0.05, 0.1) is 11.9 Å². The number of carbonyl (C=O) groups excluding carboxylic acids is 1. The second kappa shape index (κ2) is 5.49. The average molecular weight is 345 g/mol. The van der Waals surface area contributed by atoms with E-state index in [9.17, 15) is 4.79 Å². The van der Waals surface area contributed by atoms with Crippen molar-refractivity contribution in [1.82, 2.24) is 19.7 Å². The molecule has 1 saturated carbocycles. The molecule has 130 valence electrons. The smallest absolute Gasteiger partial charge is 0.228 e. The molecule has 5 rings (SSSR count). The van der Waals surface area contributed by atoms with Crippen LogP contribution in [0.2, 0.25) is 0 Å². The Balaban J connectivity index is 1.36. The highest BCUT2D eigenvalue weighted by atomic mass is 16.2. The number of nitrogens with zero attached hydrogens (tertiary/aromatic N) is 4. The molecule has 2 unspecified atom stereocenters. The fourth-order valence-electron chi connectivity index (χ4n) is 4.34. The highest BCUT2D eigenvalue weighted by Crippen LogP contribution is 2.61. The molecule has 1 amide bonds. The molecule has 0 bridgehead atoms. The number of anilines is 1. The monoisotopic (exact) mass is 345 g/mol. The molecule has 26 heavy (non-hydrogen) atoms. The molecule has 2 aliphatic rings. The van der Waals surface area contributed by atoms with Crippen molar-refractivity contribution in [2.24, 2.45) is 13.0 Å². The molecule has 6 heteroatoms.